The molecule has 9 nitrogen and oxygen atoms in total. The molecule has 2 aliphatic heterocycles. The molecule has 11 heteroatoms. The van der Waals surface area contributed by atoms with Gasteiger partial charge in [-0.1, -0.05) is 11.3 Å². The van der Waals surface area contributed by atoms with E-state index in [2.05, 4.69) is 15.2 Å². The minimum atomic E-state index is -3.87. The standard InChI is InChI=1S/C16H26N4O5S2/c1-11(10-19-6-8-25-9-7-19)17-14(21)13-4-3-5-20(13)27(23,24)15-12(2)18-16(22)26-15/h11,13H,3-10H2,1-2H3,(H,17,21)(H,18,22)/t11-,13-/m1/s1. The molecule has 2 atom stereocenters. The normalized spacial score (nSPS) is 23.4. The van der Waals surface area contributed by atoms with Crippen LogP contribution in [0.3, 0.4) is 0 Å². The van der Waals surface area contributed by atoms with Gasteiger partial charge in [0.1, 0.15) is 6.04 Å². The maximum absolute atomic E-state index is 13.0. The van der Waals surface area contributed by atoms with Crippen LogP contribution >= 0.6 is 11.3 Å². The summed E-state index contributed by atoms with van der Waals surface area (Å²) in [7, 11) is -3.87. The van der Waals surface area contributed by atoms with Gasteiger partial charge in [-0.2, -0.15) is 4.31 Å². The molecule has 0 unspecified atom stereocenters. The molecule has 3 heterocycles. The summed E-state index contributed by atoms with van der Waals surface area (Å²) in [5.41, 5.74) is 0.316. The van der Waals surface area contributed by atoms with Gasteiger partial charge >= 0.3 is 4.87 Å². The van der Waals surface area contributed by atoms with Crippen molar-refractivity contribution < 1.29 is 17.9 Å². The van der Waals surface area contributed by atoms with Crippen LogP contribution in [0.1, 0.15) is 25.5 Å². The second kappa shape index (κ2) is 8.39. The average molecular weight is 419 g/mol. The Bertz CT molecular complexity index is 828. The van der Waals surface area contributed by atoms with Crippen molar-refractivity contribution in [3.63, 3.8) is 0 Å². The Morgan fingerprint density at radius 1 is 1.37 bits per heavy atom. The number of ether oxygens (including phenoxy) is 1. The Labute approximate surface area is 162 Å². The van der Waals surface area contributed by atoms with E-state index in [9.17, 15) is 18.0 Å². The number of carbonyl (C=O) groups excluding carboxylic acids is 1. The first-order valence-corrected chi connectivity index (χ1v) is 11.4. The van der Waals surface area contributed by atoms with E-state index in [0.29, 0.717) is 49.6 Å². The van der Waals surface area contributed by atoms with Crippen molar-refractivity contribution in [3.05, 3.63) is 15.4 Å². The number of sulfonamides is 1. The third kappa shape index (κ3) is 4.60. The topological polar surface area (TPSA) is 112 Å². The highest BCUT2D eigenvalue weighted by Crippen LogP contribution is 2.28. The highest BCUT2D eigenvalue weighted by atomic mass is 32.2. The number of hydrogen-bond donors (Lipinski definition) is 2. The van der Waals surface area contributed by atoms with Crippen LogP contribution in [-0.2, 0) is 19.6 Å². The molecule has 2 aliphatic rings. The largest absolute Gasteiger partial charge is 0.379 e. The molecule has 3 rings (SSSR count). The van der Waals surface area contributed by atoms with Crippen molar-refractivity contribution in [2.45, 2.75) is 43.0 Å². The zero-order valence-corrected chi connectivity index (χ0v) is 17.2. The summed E-state index contributed by atoms with van der Waals surface area (Å²) in [5.74, 6) is -0.280. The number of carbonyl (C=O) groups is 1. The molecule has 27 heavy (non-hydrogen) atoms. The Kier molecular flexibility index (Phi) is 6.36. The Balaban J connectivity index is 1.67. The molecule has 152 valence electrons. The maximum atomic E-state index is 13.0. The average Bonchev–Trinajstić information content (AvgIpc) is 3.22. The van der Waals surface area contributed by atoms with E-state index in [1.807, 2.05) is 6.92 Å². The molecule has 0 bridgehead atoms. The smallest absolute Gasteiger partial charge is 0.305 e. The maximum Gasteiger partial charge on any atom is 0.305 e. The number of aromatic amines is 1. The molecule has 2 N–H and O–H groups in total. The molecule has 0 spiro atoms. The van der Waals surface area contributed by atoms with Crippen LogP contribution in [0.2, 0.25) is 0 Å². The minimum absolute atomic E-state index is 0.00596. The van der Waals surface area contributed by atoms with Crippen LogP contribution < -0.4 is 10.2 Å². The number of hydrogen-bond acceptors (Lipinski definition) is 7. The number of nitrogens with zero attached hydrogens (tertiary/aromatic N) is 2. The lowest BCUT2D eigenvalue weighted by atomic mass is 10.2. The lowest BCUT2D eigenvalue weighted by Gasteiger charge is -2.30. The van der Waals surface area contributed by atoms with Crippen molar-refractivity contribution >= 4 is 27.3 Å². The zero-order valence-electron chi connectivity index (χ0n) is 15.6. The Morgan fingerprint density at radius 3 is 2.70 bits per heavy atom. The Hall–Kier alpha value is -1.27. The van der Waals surface area contributed by atoms with E-state index in [4.69, 9.17) is 4.74 Å². The lowest BCUT2D eigenvalue weighted by Crippen LogP contribution is -2.51. The molecule has 2 fully saturated rings. The monoisotopic (exact) mass is 418 g/mol. The van der Waals surface area contributed by atoms with Gasteiger partial charge < -0.3 is 15.0 Å². The van der Waals surface area contributed by atoms with Crippen LogP contribution in [0.4, 0.5) is 0 Å². The van der Waals surface area contributed by atoms with E-state index < -0.39 is 20.9 Å². The number of aryl methyl sites for hydroxylation is 1. The fourth-order valence-corrected chi connectivity index (χ4v) is 6.66. The molecule has 1 aromatic heterocycles. The minimum Gasteiger partial charge on any atom is -0.379 e. The number of aromatic nitrogens is 1. The summed E-state index contributed by atoms with van der Waals surface area (Å²) in [4.78, 5) is 28.6. The van der Waals surface area contributed by atoms with Crippen LogP contribution in [0, 0.1) is 6.92 Å². The predicted octanol–water partition coefficient (Wildman–Crippen LogP) is -0.265. The van der Waals surface area contributed by atoms with Gasteiger partial charge in [-0.3, -0.25) is 14.5 Å². The summed E-state index contributed by atoms with van der Waals surface area (Å²) >= 11 is 0.668. The molecule has 2 saturated heterocycles. The molecular formula is C16H26N4O5S2. The summed E-state index contributed by atoms with van der Waals surface area (Å²) in [5, 5.41) is 2.95. The molecule has 0 saturated carbocycles. The second-order valence-corrected chi connectivity index (χ2v) is 10.1. The molecular weight excluding hydrogens is 392 g/mol. The third-order valence-corrected chi connectivity index (χ3v) is 8.35. The van der Waals surface area contributed by atoms with Gasteiger partial charge in [0.25, 0.3) is 10.0 Å². The van der Waals surface area contributed by atoms with Crippen molar-refractivity contribution in [2.24, 2.45) is 0 Å². The number of rotatable bonds is 6. The Morgan fingerprint density at radius 2 is 2.07 bits per heavy atom. The van der Waals surface area contributed by atoms with Crippen LogP contribution in [0.25, 0.3) is 0 Å². The molecule has 0 aromatic carbocycles. The molecule has 1 amide bonds. The number of nitrogens with one attached hydrogen (secondary N) is 2. The van der Waals surface area contributed by atoms with Gasteiger partial charge in [0, 0.05) is 37.9 Å². The van der Waals surface area contributed by atoms with Gasteiger partial charge in [0.2, 0.25) is 5.91 Å². The fraction of sp³-hybridized carbons (Fsp3) is 0.750. The lowest BCUT2D eigenvalue weighted by molar-refractivity contribution is -0.125. The third-order valence-electron chi connectivity index (χ3n) is 4.85. The first-order chi connectivity index (χ1) is 12.8. The summed E-state index contributed by atoms with van der Waals surface area (Å²) < 4.78 is 32.5. The van der Waals surface area contributed by atoms with Gasteiger partial charge in [0.05, 0.1) is 13.2 Å². The summed E-state index contributed by atoms with van der Waals surface area (Å²) in [6.45, 7) is 7.49. The second-order valence-electron chi connectivity index (χ2n) is 7.02. The van der Waals surface area contributed by atoms with E-state index in [1.165, 1.54) is 4.31 Å². The highest BCUT2D eigenvalue weighted by Gasteiger charge is 2.41. The molecule has 0 aliphatic carbocycles. The van der Waals surface area contributed by atoms with E-state index in [-0.39, 0.29) is 22.7 Å². The number of morpholine rings is 1. The van der Waals surface area contributed by atoms with Crippen LogP contribution in [0.5, 0.6) is 0 Å². The van der Waals surface area contributed by atoms with Crippen molar-refractivity contribution in [1.82, 2.24) is 19.5 Å². The summed E-state index contributed by atoms with van der Waals surface area (Å²) in [6, 6.07) is -0.829. The van der Waals surface area contributed by atoms with Crippen LogP contribution in [0.15, 0.2) is 9.00 Å². The quantitative estimate of drug-likeness (QED) is 0.658. The first-order valence-electron chi connectivity index (χ1n) is 9.11. The number of H-pyrrole nitrogens is 1. The zero-order chi connectivity index (χ0) is 19.6. The first kappa shape index (κ1) is 20.5. The predicted molar refractivity (Wildman–Crippen MR) is 101 cm³/mol. The molecule has 1 aromatic rings. The van der Waals surface area contributed by atoms with E-state index >= 15 is 0 Å². The van der Waals surface area contributed by atoms with Gasteiger partial charge in [-0.05, 0) is 26.7 Å². The van der Waals surface area contributed by atoms with E-state index in [1.54, 1.807) is 6.92 Å². The summed E-state index contributed by atoms with van der Waals surface area (Å²) in [6.07, 6.45) is 1.10. The van der Waals surface area contributed by atoms with Gasteiger partial charge in [0.15, 0.2) is 4.21 Å². The van der Waals surface area contributed by atoms with Gasteiger partial charge in [-0.25, -0.2) is 8.42 Å². The van der Waals surface area contributed by atoms with E-state index in [0.717, 1.165) is 13.1 Å². The highest BCUT2D eigenvalue weighted by molar-refractivity contribution is 7.91. The number of amides is 1. The fourth-order valence-electron chi connectivity index (χ4n) is 3.59. The van der Waals surface area contributed by atoms with Crippen molar-refractivity contribution in [3.8, 4) is 0 Å². The SMILES string of the molecule is Cc1[nH]c(=O)sc1S(=O)(=O)N1CCC[C@@H]1C(=O)N[C@H](C)CN1CCOCC1. The van der Waals surface area contributed by atoms with Crippen LogP contribution in [-0.4, -0.2) is 80.0 Å². The number of thiazole rings is 1. The van der Waals surface area contributed by atoms with Crippen molar-refractivity contribution in [2.75, 3.05) is 39.4 Å². The van der Waals surface area contributed by atoms with Gasteiger partial charge in [-0.15, -0.1) is 0 Å². The molecule has 0 radical (unpaired) electrons. The van der Waals surface area contributed by atoms with Crippen molar-refractivity contribution in [1.29, 1.82) is 0 Å².